The van der Waals surface area contributed by atoms with Gasteiger partial charge < -0.3 is 15.3 Å². The number of para-hydroxylation sites is 1. The van der Waals surface area contributed by atoms with Gasteiger partial charge in [-0.15, -0.1) is 0 Å². The standard InChI is InChI=1S/C22H26N2O4S/c1-16-18(15-22(26)23-12-13-25)14-21(24(16)19-6-4-3-5-7-19)17-8-10-20(11-9-17)29(2,27)28/h3-11,14,16,18,25H,12-13,15H2,1-2H3,(H,23,26). The van der Waals surface area contributed by atoms with Gasteiger partial charge in [0.2, 0.25) is 5.91 Å². The second-order valence-electron chi connectivity index (χ2n) is 7.24. The van der Waals surface area contributed by atoms with Crippen LogP contribution >= 0.6 is 0 Å². The van der Waals surface area contributed by atoms with E-state index in [-0.39, 0.29) is 35.9 Å². The molecule has 2 unspecified atom stereocenters. The number of aliphatic hydroxyl groups is 1. The van der Waals surface area contributed by atoms with Gasteiger partial charge in [0.25, 0.3) is 0 Å². The van der Waals surface area contributed by atoms with E-state index in [9.17, 15) is 13.2 Å². The molecule has 0 saturated carbocycles. The van der Waals surface area contributed by atoms with E-state index < -0.39 is 9.84 Å². The van der Waals surface area contributed by atoms with Crippen LogP contribution in [0.1, 0.15) is 18.9 Å². The van der Waals surface area contributed by atoms with Gasteiger partial charge in [-0.05, 0) is 36.8 Å². The van der Waals surface area contributed by atoms with Crippen LogP contribution in [0.3, 0.4) is 0 Å². The molecule has 0 spiro atoms. The summed E-state index contributed by atoms with van der Waals surface area (Å²) in [7, 11) is -3.26. The summed E-state index contributed by atoms with van der Waals surface area (Å²) in [6.07, 6.45) is 3.58. The molecule has 0 saturated heterocycles. The third kappa shape index (κ3) is 4.86. The Labute approximate surface area is 171 Å². The lowest BCUT2D eigenvalue weighted by Crippen LogP contribution is -2.34. The van der Waals surface area contributed by atoms with Gasteiger partial charge >= 0.3 is 0 Å². The van der Waals surface area contributed by atoms with Gasteiger partial charge in [0.05, 0.1) is 11.5 Å². The molecule has 0 aliphatic carbocycles. The third-order valence-electron chi connectivity index (χ3n) is 5.13. The van der Waals surface area contributed by atoms with Gasteiger partial charge in [-0.1, -0.05) is 36.4 Å². The SMILES string of the molecule is CC1C(CC(=O)NCCO)C=C(c2ccc(S(C)(=O)=O)cc2)N1c1ccccc1. The number of nitrogens with zero attached hydrogens (tertiary/aromatic N) is 1. The number of amides is 1. The molecule has 1 amide bonds. The van der Waals surface area contributed by atoms with Gasteiger partial charge in [0, 0.05) is 42.6 Å². The van der Waals surface area contributed by atoms with Crippen LogP contribution in [0.2, 0.25) is 0 Å². The van der Waals surface area contributed by atoms with Crippen molar-refractivity contribution in [2.24, 2.45) is 5.92 Å². The van der Waals surface area contributed by atoms with E-state index >= 15 is 0 Å². The highest BCUT2D eigenvalue weighted by Crippen LogP contribution is 2.39. The van der Waals surface area contributed by atoms with Gasteiger partial charge in [-0.3, -0.25) is 4.79 Å². The third-order valence-corrected chi connectivity index (χ3v) is 6.25. The Balaban J connectivity index is 1.95. The van der Waals surface area contributed by atoms with E-state index in [1.807, 2.05) is 30.3 Å². The Morgan fingerprint density at radius 2 is 1.76 bits per heavy atom. The van der Waals surface area contributed by atoms with E-state index in [1.54, 1.807) is 24.3 Å². The molecular weight excluding hydrogens is 388 g/mol. The van der Waals surface area contributed by atoms with Crippen LogP contribution in [0.4, 0.5) is 5.69 Å². The molecule has 29 heavy (non-hydrogen) atoms. The lowest BCUT2D eigenvalue weighted by atomic mass is 9.98. The summed E-state index contributed by atoms with van der Waals surface area (Å²) in [4.78, 5) is 14.7. The maximum Gasteiger partial charge on any atom is 0.220 e. The Morgan fingerprint density at radius 1 is 1.10 bits per heavy atom. The van der Waals surface area contributed by atoms with Crippen LogP contribution in [0.5, 0.6) is 0 Å². The molecule has 2 N–H and O–H groups in total. The van der Waals surface area contributed by atoms with Crippen LogP contribution < -0.4 is 10.2 Å². The molecule has 0 fully saturated rings. The number of hydrogen-bond acceptors (Lipinski definition) is 5. The zero-order valence-electron chi connectivity index (χ0n) is 16.6. The van der Waals surface area contributed by atoms with Gasteiger partial charge in [0.1, 0.15) is 0 Å². The molecule has 2 atom stereocenters. The second-order valence-corrected chi connectivity index (χ2v) is 9.25. The van der Waals surface area contributed by atoms with E-state index in [4.69, 9.17) is 5.11 Å². The van der Waals surface area contributed by atoms with E-state index in [1.165, 1.54) is 6.26 Å². The Morgan fingerprint density at radius 3 is 2.34 bits per heavy atom. The average Bonchev–Trinajstić information content (AvgIpc) is 3.02. The minimum Gasteiger partial charge on any atom is -0.395 e. The maximum atomic E-state index is 12.2. The van der Waals surface area contributed by atoms with Crippen LogP contribution in [0.25, 0.3) is 5.70 Å². The summed E-state index contributed by atoms with van der Waals surface area (Å²) in [5.41, 5.74) is 2.85. The van der Waals surface area contributed by atoms with E-state index in [2.05, 4.69) is 23.2 Å². The Bertz CT molecular complexity index is 985. The summed E-state index contributed by atoms with van der Waals surface area (Å²) in [6, 6.07) is 16.8. The predicted octanol–water partition coefficient (Wildman–Crippen LogP) is 2.45. The quantitative estimate of drug-likeness (QED) is 0.727. The Kier molecular flexibility index (Phi) is 6.39. The lowest BCUT2D eigenvalue weighted by molar-refractivity contribution is -0.121. The van der Waals surface area contributed by atoms with Crippen LogP contribution in [-0.2, 0) is 14.6 Å². The molecule has 7 heteroatoms. The number of carbonyl (C=O) groups is 1. The van der Waals surface area contributed by atoms with Gasteiger partial charge in [-0.2, -0.15) is 0 Å². The summed E-state index contributed by atoms with van der Waals surface area (Å²) in [5, 5.41) is 11.6. The first-order chi connectivity index (χ1) is 13.8. The van der Waals surface area contributed by atoms with Crippen molar-refractivity contribution >= 4 is 27.1 Å². The zero-order valence-corrected chi connectivity index (χ0v) is 17.4. The largest absolute Gasteiger partial charge is 0.395 e. The molecule has 154 valence electrons. The van der Waals surface area contributed by atoms with Gasteiger partial charge in [-0.25, -0.2) is 8.42 Å². The molecule has 2 aromatic rings. The number of nitrogens with one attached hydrogen (secondary N) is 1. The molecular formula is C22H26N2O4S. The fourth-order valence-electron chi connectivity index (χ4n) is 3.62. The van der Waals surface area contributed by atoms with Crippen molar-refractivity contribution in [2.75, 3.05) is 24.3 Å². The molecule has 6 nitrogen and oxygen atoms in total. The van der Waals surface area contributed by atoms with Crippen LogP contribution in [-0.4, -0.2) is 44.9 Å². The first-order valence-corrected chi connectivity index (χ1v) is 11.4. The molecule has 0 aromatic heterocycles. The predicted molar refractivity (Wildman–Crippen MR) is 114 cm³/mol. The fourth-order valence-corrected chi connectivity index (χ4v) is 4.25. The van der Waals surface area contributed by atoms with Crippen molar-refractivity contribution in [1.29, 1.82) is 0 Å². The van der Waals surface area contributed by atoms with Crippen molar-refractivity contribution < 1.29 is 18.3 Å². The minimum atomic E-state index is -3.26. The summed E-state index contributed by atoms with van der Waals surface area (Å²) in [6.45, 7) is 2.23. The number of anilines is 1. The van der Waals surface area contributed by atoms with E-state index in [0.717, 1.165) is 16.9 Å². The smallest absolute Gasteiger partial charge is 0.220 e. The number of benzene rings is 2. The molecule has 3 rings (SSSR count). The summed E-state index contributed by atoms with van der Waals surface area (Å²) >= 11 is 0. The summed E-state index contributed by atoms with van der Waals surface area (Å²) < 4.78 is 23.6. The Hall–Kier alpha value is -2.64. The molecule has 1 heterocycles. The molecule has 1 aliphatic rings. The monoisotopic (exact) mass is 414 g/mol. The first-order valence-electron chi connectivity index (χ1n) is 9.55. The number of hydrogen-bond donors (Lipinski definition) is 2. The highest BCUT2D eigenvalue weighted by Gasteiger charge is 2.34. The average molecular weight is 415 g/mol. The highest BCUT2D eigenvalue weighted by molar-refractivity contribution is 7.90. The number of aliphatic hydroxyl groups excluding tert-OH is 1. The highest BCUT2D eigenvalue weighted by atomic mass is 32.2. The van der Waals surface area contributed by atoms with Crippen molar-refractivity contribution in [3.63, 3.8) is 0 Å². The molecule has 2 aromatic carbocycles. The second kappa shape index (κ2) is 8.80. The lowest BCUT2D eigenvalue weighted by Gasteiger charge is -2.30. The fraction of sp³-hybridized carbons (Fsp3) is 0.318. The zero-order chi connectivity index (χ0) is 21.0. The number of sulfone groups is 1. The van der Waals surface area contributed by atoms with Gasteiger partial charge in [0.15, 0.2) is 9.84 Å². The van der Waals surface area contributed by atoms with Crippen molar-refractivity contribution in [2.45, 2.75) is 24.3 Å². The van der Waals surface area contributed by atoms with E-state index in [0.29, 0.717) is 6.42 Å². The van der Waals surface area contributed by atoms with Crippen molar-refractivity contribution in [3.05, 3.63) is 66.2 Å². The molecule has 1 aliphatic heterocycles. The number of rotatable bonds is 7. The topological polar surface area (TPSA) is 86.7 Å². The van der Waals surface area contributed by atoms with Crippen LogP contribution in [0, 0.1) is 5.92 Å². The van der Waals surface area contributed by atoms with Crippen LogP contribution in [0.15, 0.2) is 65.6 Å². The number of carbonyl (C=O) groups excluding carboxylic acids is 1. The van der Waals surface area contributed by atoms with Crippen molar-refractivity contribution in [3.8, 4) is 0 Å². The first kappa shape index (κ1) is 21.1. The maximum absolute atomic E-state index is 12.2. The molecule has 0 bridgehead atoms. The van der Waals surface area contributed by atoms with Crippen molar-refractivity contribution in [1.82, 2.24) is 5.32 Å². The normalized spacial score (nSPS) is 19.1. The summed E-state index contributed by atoms with van der Waals surface area (Å²) in [5.74, 6) is -0.118. The minimum absolute atomic E-state index is 0.0153. The molecule has 0 radical (unpaired) electrons.